The van der Waals surface area contributed by atoms with Gasteiger partial charge in [0.2, 0.25) is 11.9 Å². The number of rotatable bonds is 1. The molecular formula is C31H52N8O. The van der Waals surface area contributed by atoms with Crippen molar-refractivity contribution in [1.82, 2.24) is 25.6 Å². The molecule has 2 radical (unpaired) electrons. The molecule has 1 aromatic rings. The van der Waals surface area contributed by atoms with Gasteiger partial charge in [-0.15, -0.1) is 5.73 Å². The molecule has 5 aliphatic rings. The SMILES string of the molecule is CC1(C)CC2CC(C)(C)N1c1nc(nc(N3CCOCC3)n1)C1C([N])CC(C)(C)N(CCCCC/C=N\2)C1(C)C. The van der Waals surface area contributed by atoms with Crippen molar-refractivity contribution in [2.75, 3.05) is 42.6 Å². The first kappa shape index (κ1) is 29.6. The second-order valence-corrected chi connectivity index (χ2v) is 15.0. The maximum Gasteiger partial charge on any atom is 0.231 e. The Labute approximate surface area is 242 Å². The van der Waals surface area contributed by atoms with Gasteiger partial charge in [0.15, 0.2) is 0 Å². The van der Waals surface area contributed by atoms with Gasteiger partial charge in [-0.1, -0.05) is 6.42 Å². The van der Waals surface area contributed by atoms with Crippen LogP contribution in [0.25, 0.3) is 0 Å². The van der Waals surface area contributed by atoms with Crippen molar-refractivity contribution in [2.45, 2.75) is 140 Å². The van der Waals surface area contributed by atoms with Crippen molar-refractivity contribution in [3.63, 3.8) is 0 Å². The summed E-state index contributed by atoms with van der Waals surface area (Å²) in [6.07, 6.45) is 9.25. The van der Waals surface area contributed by atoms with Gasteiger partial charge < -0.3 is 14.5 Å². The van der Waals surface area contributed by atoms with Crippen LogP contribution in [-0.4, -0.2) is 93.2 Å². The van der Waals surface area contributed by atoms with Gasteiger partial charge in [-0.25, -0.2) is 0 Å². The number of hydrogen-bond acceptors (Lipinski definition) is 8. The topological polar surface area (TPSA) is 92.3 Å². The summed E-state index contributed by atoms with van der Waals surface area (Å²) >= 11 is 0. The molecule has 0 N–H and O–H groups in total. The lowest BCUT2D eigenvalue weighted by molar-refractivity contribution is -0.0544. The molecule has 3 saturated heterocycles. The molecule has 9 nitrogen and oxygen atoms in total. The predicted molar refractivity (Wildman–Crippen MR) is 162 cm³/mol. The summed E-state index contributed by atoms with van der Waals surface area (Å²) in [5, 5.41) is 0. The van der Waals surface area contributed by atoms with E-state index in [4.69, 9.17) is 24.7 Å². The van der Waals surface area contributed by atoms with Crippen molar-refractivity contribution >= 4 is 18.1 Å². The van der Waals surface area contributed by atoms with Crippen molar-refractivity contribution in [2.24, 2.45) is 4.99 Å². The van der Waals surface area contributed by atoms with Crippen molar-refractivity contribution in [3.05, 3.63) is 5.82 Å². The van der Waals surface area contributed by atoms with Crippen LogP contribution in [0.5, 0.6) is 0 Å². The summed E-state index contributed by atoms with van der Waals surface area (Å²) in [7, 11) is 0. The van der Waals surface area contributed by atoms with E-state index in [2.05, 4.69) is 76.3 Å². The first-order valence-electron chi connectivity index (χ1n) is 15.6. The Morgan fingerprint density at radius 1 is 0.775 bits per heavy atom. The molecule has 222 valence electrons. The third-order valence-corrected chi connectivity index (χ3v) is 9.89. The highest BCUT2D eigenvalue weighted by Gasteiger charge is 2.54. The highest BCUT2D eigenvalue weighted by Crippen LogP contribution is 2.48. The molecule has 6 heterocycles. The van der Waals surface area contributed by atoms with Crippen LogP contribution in [0.15, 0.2) is 4.99 Å². The number of ether oxygens (including phenoxy) is 1. The molecule has 0 spiro atoms. The number of fused-ring (bicyclic) bond motifs is 7. The average molecular weight is 553 g/mol. The minimum absolute atomic E-state index is 0.126. The van der Waals surface area contributed by atoms with Crippen LogP contribution in [0.1, 0.15) is 112 Å². The maximum absolute atomic E-state index is 11.8. The number of aliphatic imine (C=N–C) groups is 1. The lowest BCUT2D eigenvalue weighted by Gasteiger charge is -2.58. The first-order valence-corrected chi connectivity index (χ1v) is 15.6. The Bertz CT molecular complexity index is 1060. The third-order valence-electron chi connectivity index (χ3n) is 9.89. The molecule has 9 heteroatoms. The van der Waals surface area contributed by atoms with Crippen LogP contribution < -0.4 is 15.5 Å². The number of morpholine rings is 1. The van der Waals surface area contributed by atoms with Gasteiger partial charge >= 0.3 is 0 Å². The van der Waals surface area contributed by atoms with Crippen molar-refractivity contribution in [3.8, 4) is 0 Å². The quantitative estimate of drug-likeness (QED) is 0.500. The van der Waals surface area contributed by atoms with Crippen LogP contribution in [0.4, 0.5) is 11.9 Å². The average Bonchev–Trinajstić information content (AvgIpc) is 2.82. The molecule has 0 amide bonds. The van der Waals surface area contributed by atoms with Gasteiger partial charge in [-0.3, -0.25) is 9.89 Å². The van der Waals surface area contributed by atoms with E-state index in [9.17, 15) is 5.73 Å². The molecule has 40 heavy (non-hydrogen) atoms. The lowest BCUT2D eigenvalue weighted by atomic mass is 9.69. The summed E-state index contributed by atoms with van der Waals surface area (Å²) in [6.45, 7) is 22.1. The molecular weight excluding hydrogens is 500 g/mol. The van der Waals surface area contributed by atoms with Crippen LogP contribution in [0.3, 0.4) is 0 Å². The van der Waals surface area contributed by atoms with Crippen LogP contribution >= 0.6 is 0 Å². The van der Waals surface area contributed by atoms with Gasteiger partial charge in [0.05, 0.1) is 31.2 Å². The molecule has 3 fully saturated rings. The van der Waals surface area contributed by atoms with E-state index in [0.29, 0.717) is 37.4 Å². The smallest absolute Gasteiger partial charge is 0.231 e. The maximum atomic E-state index is 11.8. The van der Waals surface area contributed by atoms with Crippen LogP contribution in [0, 0.1) is 0 Å². The zero-order chi connectivity index (χ0) is 28.9. The van der Waals surface area contributed by atoms with E-state index in [-0.39, 0.29) is 34.1 Å². The zero-order valence-electron chi connectivity index (χ0n) is 26.3. The standard InChI is InChI=1S/C31H52N8O/c1-28(2)21-23(32)24-25-34-26(37-15-17-40-18-16-37)36-27(35-25)39-29(3,4)19-22(20-30(39,5)6)33-13-11-9-10-12-14-38(28)31(24,7)8/h13,22-24H,9-12,14-21H2,1-8H3/b33-13-. The van der Waals surface area contributed by atoms with E-state index in [1.165, 1.54) is 6.42 Å². The fraction of sp³-hybridized carbons (Fsp3) is 0.871. The van der Waals surface area contributed by atoms with E-state index in [1.54, 1.807) is 0 Å². The fourth-order valence-electron chi connectivity index (χ4n) is 8.53. The molecule has 1 aromatic heterocycles. The van der Waals surface area contributed by atoms with Gasteiger partial charge in [-0.05, 0) is 107 Å². The monoisotopic (exact) mass is 552 g/mol. The Morgan fingerprint density at radius 2 is 1.43 bits per heavy atom. The van der Waals surface area contributed by atoms with Gasteiger partial charge in [0.25, 0.3) is 0 Å². The summed E-state index contributed by atoms with van der Waals surface area (Å²) < 4.78 is 5.66. The third kappa shape index (κ3) is 5.62. The zero-order valence-corrected chi connectivity index (χ0v) is 26.3. The molecule has 5 aliphatic heterocycles. The van der Waals surface area contributed by atoms with E-state index >= 15 is 0 Å². The normalized spacial score (nSPS) is 32.9. The summed E-state index contributed by atoms with van der Waals surface area (Å²) in [5.74, 6) is 1.89. The van der Waals surface area contributed by atoms with E-state index < -0.39 is 6.04 Å². The predicted octanol–water partition coefficient (Wildman–Crippen LogP) is 4.66. The number of hydrogen-bond donors (Lipinski definition) is 0. The van der Waals surface area contributed by atoms with E-state index in [1.807, 2.05) is 0 Å². The molecule has 6 rings (SSSR count). The largest absolute Gasteiger partial charge is 0.378 e. The second-order valence-electron chi connectivity index (χ2n) is 15.0. The van der Waals surface area contributed by atoms with Crippen LogP contribution in [0.2, 0.25) is 0 Å². The molecule has 3 unspecified atom stereocenters. The molecule has 0 saturated carbocycles. The first-order chi connectivity index (χ1) is 18.7. The summed E-state index contributed by atoms with van der Waals surface area (Å²) in [5.41, 5.74) is 10.9. The van der Waals surface area contributed by atoms with Crippen molar-refractivity contribution in [1.29, 1.82) is 0 Å². The fourth-order valence-corrected chi connectivity index (χ4v) is 8.53. The summed E-state index contributed by atoms with van der Waals surface area (Å²) in [4.78, 5) is 27.9. The van der Waals surface area contributed by atoms with Crippen LogP contribution in [-0.2, 0) is 4.74 Å². The number of nitrogens with zero attached hydrogens (tertiary/aromatic N) is 8. The van der Waals surface area contributed by atoms with Gasteiger partial charge in [0.1, 0.15) is 5.82 Å². The van der Waals surface area contributed by atoms with Crippen molar-refractivity contribution < 1.29 is 4.74 Å². The molecule has 3 atom stereocenters. The summed E-state index contributed by atoms with van der Waals surface area (Å²) in [6, 6.07) is -0.264. The Morgan fingerprint density at radius 3 is 2.10 bits per heavy atom. The molecule has 6 bridgehead atoms. The second kappa shape index (κ2) is 10.8. The number of anilines is 2. The van der Waals surface area contributed by atoms with Gasteiger partial charge in [-0.2, -0.15) is 15.0 Å². The Balaban J connectivity index is 1.68. The van der Waals surface area contributed by atoms with E-state index in [0.717, 1.165) is 51.7 Å². The number of piperidine rings is 2. The lowest BCUT2D eigenvalue weighted by Crippen LogP contribution is -2.66. The number of aromatic nitrogens is 3. The minimum atomic E-state index is -0.545. The van der Waals surface area contributed by atoms with Gasteiger partial charge in [0, 0.05) is 35.2 Å². The minimum Gasteiger partial charge on any atom is -0.378 e. The highest BCUT2D eigenvalue weighted by molar-refractivity contribution is 5.57. The highest BCUT2D eigenvalue weighted by atomic mass is 16.5. The molecule has 0 aromatic carbocycles. The Kier molecular flexibility index (Phi) is 7.98. The Hall–Kier alpha value is -1.84. The molecule has 0 aliphatic carbocycles.